The van der Waals surface area contributed by atoms with Gasteiger partial charge in [0.2, 0.25) is 0 Å². The number of Topliss-reactive ketones (excluding diaryl/α,β-unsaturated/α-hetero) is 1. The zero-order valence-corrected chi connectivity index (χ0v) is 6.74. The number of aromatic hydroxyl groups is 2. The van der Waals surface area contributed by atoms with Crippen LogP contribution in [0.4, 0.5) is 0 Å². The van der Waals surface area contributed by atoms with Crippen molar-refractivity contribution in [3.63, 3.8) is 0 Å². The van der Waals surface area contributed by atoms with Gasteiger partial charge < -0.3 is 10.2 Å². The first-order valence-electron chi connectivity index (χ1n) is 3.60. The Labute approximate surface area is 70.3 Å². The summed E-state index contributed by atoms with van der Waals surface area (Å²) in [5.74, 6) is -0.323. The highest BCUT2D eigenvalue weighted by atomic mass is 16.3. The predicted molar refractivity (Wildman–Crippen MR) is 44.2 cm³/mol. The molecule has 3 nitrogen and oxygen atoms in total. The van der Waals surface area contributed by atoms with Gasteiger partial charge in [0.25, 0.3) is 0 Å². The lowest BCUT2D eigenvalue weighted by molar-refractivity contribution is -0.116. The molecule has 12 heavy (non-hydrogen) atoms. The highest BCUT2D eigenvalue weighted by Crippen LogP contribution is 2.24. The molecule has 0 radical (unpaired) electrons. The second kappa shape index (κ2) is 3.26. The molecule has 0 unspecified atom stereocenters. The van der Waals surface area contributed by atoms with Crippen molar-refractivity contribution in [2.24, 2.45) is 0 Å². The second-order valence-electron chi connectivity index (χ2n) is 2.70. The fourth-order valence-electron chi connectivity index (χ4n) is 0.966. The lowest BCUT2D eigenvalue weighted by Crippen LogP contribution is -1.95. The van der Waals surface area contributed by atoms with Gasteiger partial charge in [-0.1, -0.05) is 6.07 Å². The van der Waals surface area contributed by atoms with Crippen LogP contribution >= 0.6 is 0 Å². The molecule has 0 aliphatic carbocycles. The summed E-state index contributed by atoms with van der Waals surface area (Å²) in [6, 6.07) is 4.36. The van der Waals surface area contributed by atoms with Crippen molar-refractivity contribution in [2.45, 2.75) is 13.3 Å². The monoisotopic (exact) mass is 166 g/mol. The fraction of sp³-hybridized carbons (Fsp3) is 0.222. The summed E-state index contributed by atoms with van der Waals surface area (Å²) in [7, 11) is 0. The lowest BCUT2D eigenvalue weighted by Gasteiger charge is -2.00. The molecule has 1 aromatic rings. The van der Waals surface area contributed by atoms with Gasteiger partial charge in [-0.3, -0.25) is 4.79 Å². The Kier molecular flexibility index (Phi) is 2.33. The normalized spacial score (nSPS) is 9.75. The van der Waals surface area contributed by atoms with Crippen LogP contribution < -0.4 is 0 Å². The number of phenolic OH excluding ortho intramolecular Hbond substituents is 2. The van der Waals surface area contributed by atoms with E-state index < -0.39 is 0 Å². The van der Waals surface area contributed by atoms with Crippen molar-refractivity contribution in [3.8, 4) is 11.5 Å². The number of carbonyl (C=O) groups is 1. The Morgan fingerprint density at radius 2 is 2.00 bits per heavy atom. The maximum atomic E-state index is 10.7. The van der Waals surface area contributed by atoms with Gasteiger partial charge in [0.1, 0.15) is 5.78 Å². The third kappa shape index (κ3) is 1.99. The number of phenols is 2. The van der Waals surface area contributed by atoms with Gasteiger partial charge in [0.15, 0.2) is 11.5 Å². The quantitative estimate of drug-likeness (QED) is 0.649. The third-order valence-electron chi connectivity index (χ3n) is 1.49. The number of hydrogen-bond donors (Lipinski definition) is 2. The first-order chi connectivity index (χ1) is 5.59. The van der Waals surface area contributed by atoms with E-state index in [0.717, 1.165) is 0 Å². The van der Waals surface area contributed by atoms with Gasteiger partial charge in [-0.25, -0.2) is 0 Å². The summed E-state index contributed by atoms with van der Waals surface area (Å²) >= 11 is 0. The number of hydrogen-bond acceptors (Lipinski definition) is 3. The Morgan fingerprint density at radius 3 is 2.50 bits per heavy atom. The van der Waals surface area contributed by atoms with Crippen molar-refractivity contribution in [3.05, 3.63) is 23.8 Å². The number of benzene rings is 1. The number of carbonyl (C=O) groups excluding carboxylic acids is 1. The minimum absolute atomic E-state index is 0.0279. The number of ketones is 1. The third-order valence-corrected chi connectivity index (χ3v) is 1.49. The van der Waals surface area contributed by atoms with Crippen molar-refractivity contribution in [1.82, 2.24) is 0 Å². The molecule has 0 bridgehead atoms. The highest BCUT2D eigenvalue weighted by molar-refractivity contribution is 5.78. The van der Waals surface area contributed by atoms with Gasteiger partial charge in [0.05, 0.1) is 0 Å². The van der Waals surface area contributed by atoms with E-state index in [1.807, 2.05) is 0 Å². The standard InChI is InChI=1S/C9H10O3/c1-6(10)4-7-2-3-8(11)9(12)5-7/h2-3,5,11-12H,4H2,1H3. The van der Waals surface area contributed by atoms with E-state index in [9.17, 15) is 4.79 Å². The molecule has 0 aliphatic rings. The molecule has 2 N–H and O–H groups in total. The van der Waals surface area contributed by atoms with E-state index in [1.165, 1.54) is 19.1 Å². The predicted octanol–water partition coefficient (Wildman–Crippen LogP) is 1.23. The van der Waals surface area contributed by atoms with Crippen LogP contribution in [0.3, 0.4) is 0 Å². The van der Waals surface area contributed by atoms with Crippen LogP contribution in [-0.2, 0) is 11.2 Å². The average Bonchev–Trinajstić information content (AvgIpc) is 1.96. The second-order valence-corrected chi connectivity index (χ2v) is 2.70. The van der Waals surface area contributed by atoms with Crippen LogP contribution in [0.1, 0.15) is 12.5 Å². The minimum Gasteiger partial charge on any atom is -0.504 e. The SMILES string of the molecule is CC(=O)Cc1ccc(O)c(O)c1. The summed E-state index contributed by atoms with van der Waals surface area (Å²) < 4.78 is 0. The van der Waals surface area contributed by atoms with Crippen LogP contribution in [0.2, 0.25) is 0 Å². The van der Waals surface area contributed by atoms with E-state index in [0.29, 0.717) is 5.56 Å². The molecule has 0 amide bonds. The molecule has 0 aromatic heterocycles. The van der Waals surface area contributed by atoms with Gasteiger partial charge >= 0.3 is 0 Å². The van der Waals surface area contributed by atoms with E-state index in [1.54, 1.807) is 6.07 Å². The van der Waals surface area contributed by atoms with Crippen LogP contribution in [0.5, 0.6) is 11.5 Å². The molecule has 0 saturated heterocycles. The zero-order chi connectivity index (χ0) is 9.14. The average molecular weight is 166 g/mol. The van der Waals surface area contributed by atoms with Gasteiger partial charge in [0, 0.05) is 6.42 Å². The van der Waals surface area contributed by atoms with Crippen molar-refractivity contribution in [2.75, 3.05) is 0 Å². The zero-order valence-electron chi connectivity index (χ0n) is 6.74. The van der Waals surface area contributed by atoms with Crippen LogP contribution in [0.15, 0.2) is 18.2 Å². The minimum atomic E-state index is -0.186. The molecule has 0 spiro atoms. The van der Waals surface area contributed by atoms with Gasteiger partial charge in [-0.15, -0.1) is 0 Å². The summed E-state index contributed by atoms with van der Waals surface area (Å²) in [6.45, 7) is 1.48. The van der Waals surface area contributed by atoms with E-state index in [-0.39, 0.29) is 23.7 Å². The van der Waals surface area contributed by atoms with Crippen LogP contribution in [0.25, 0.3) is 0 Å². The lowest BCUT2D eigenvalue weighted by atomic mass is 10.1. The summed E-state index contributed by atoms with van der Waals surface area (Å²) in [4.78, 5) is 10.7. The molecule has 1 aromatic carbocycles. The summed E-state index contributed by atoms with van der Waals surface area (Å²) in [5, 5.41) is 18.0. The van der Waals surface area contributed by atoms with Crippen molar-refractivity contribution < 1.29 is 15.0 Å². The molecule has 64 valence electrons. The molecule has 0 atom stereocenters. The Bertz CT molecular complexity index is 305. The molecule has 1 rings (SSSR count). The van der Waals surface area contributed by atoms with Crippen LogP contribution in [-0.4, -0.2) is 16.0 Å². The Morgan fingerprint density at radius 1 is 1.33 bits per heavy atom. The van der Waals surface area contributed by atoms with Crippen LogP contribution in [0, 0.1) is 0 Å². The summed E-state index contributed by atoms with van der Waals surface area (Å²) in [6.07, 6.45) is 0.286. The first-order valence-corrected chi connectivity index (χ1v) is 3.60. The molecule has 3 heteroatoms. The molecule has 0 aliphatic heterocycles. The van der Waals surface area contributed by atoms with Gasteiger partial charge in [-0.2, -0.15) is 0 Å². The largest absolute Gasteiger partial charge is 0.504 e. The molecular weight excluding hydrogens is 156 g/mol. The maximum Gasteiger partial charge on any atom is 0.157 e. The summed E-state index contributed by atoms with van der Waals surface area (Å²) in [5.41, 5.74) is 0.706. The van der Waals surface area contributed by atoms with Crippen molar-refractivity contribution >= 4 is 5.78 Å². The van der Waals surface area contributed by atoms with E-state index in [4.69, 9.17) is 10.2 Å². The molecular formula is C9H10O3. The van der Waals surface area contributed by atoms with E-state index >= 15 is 0 Å². The van der Waals surface area contributed by atoms with E-state index in [2.05, 4.69) is 0 Å². The topological polar surface area (TPSA) is 57.5 Å². The van der Waals surface area contributed by atoms with Gasteiger partial charge in [-0.05, 0) is 24.6 Å². The molecule has 0 heterocycles. The first kappa shape index (κ1) is 8.59. The fourth-order valence-corrected chi connectivity index (χ4v) is 0.966. The smallest absolute Gasteiger partial charge is 0.157 e. The number of rotatable bonds is 2. The Hall–Kier alpha value is -1.51. The molecule has 0 saturated carbocycles. The maximum absolute atomic E-state index is 10.7. The van der Waals surface area contributed by atoms with Crippen molar-refractivity contribution in [1.29, 1.82) is 0 Å². The Balaban J connectivity index is 2.89. The highest BCUT2D eigenvalue weighted by Gasteiger charge is 2.01. The molecule has 0 fully saturated rings.